The Morgan fingerprint density at radius 1 is 1.39 bits per heavy atom. The molecule has 1 aliphatic rings. The van der Waals surface area contributed by atoms with Gasteiger partial charge >= 0.3 is 5.97 Å². The molecule has 0 radical (unpaired) electrons. The van der Waals surface area contributed by atoms with Crippen molar-refractivity contribution in [2.75, 3.05) is 51.2 Å². The monoisotopic (exact) mass is 337 g/mol. The summed E-state index contributed by atoms with van der Waals surface area (Å²) in [5.41, 5.74) is 0.698. The quantitative estimate of drug-likeness (QED) is 0.741. The average molecular weight is 337 g/mol. The molecule has 2 aromatic heterocycles. The maximum absolute atomic E-state index is 11.7. The van der Waals surface area contributed by atoms with Crippen molar-refractivity contribution in [3.63, 3.8) is 0 Å². The molecular weight excluding hydrogens is 318 g/mol. The first kappa shape index (κ1) is 15.9. The number of fused-ring (bicyclic) bond motifs is 1. The molecule has 0 spiro atoms. The van der Waals surface area contributed by atoms with Crippen LogP contribution >= 0.6 is 11.3 Å². The fourth-order valence-corrected chi connectivity index (χ4v) is 3.58. The summed E-state index contributed by atoms with van der Waals surface area (Å²) in [5, 5.41) is 0.892. The molecule has 1 saturated heterocycles. The maximum atomic E-state index is 11.7. The van der Waals surface area contributed by atoms with Crippen LogP contribution in [0.25, 0.3) is 10.3 Å². The van der Waals surface area contributed by atoms with E-state index in [0.29, 0.717) is 18.7 Å². The van der Waals surface area contributed by atoms with Gasteiger partial charge in [-0.15, -0.1) is 0 Å². The van der Waals surface area contributed by atoms with Crippen LogP contribution in [0, 0.1) is 5.92 Å². The minimum Gasteiger partial charge on any atom is -0.467 e. The molecule has 8 nitrogen and oxygen atoms in total. The van der Waals surface area contributed by atoms with E-state index in [2.05, 4.69) is 19.9 Å². The summed E-state index contributed by atoms with van der Waals surface area (Å²) in [6, 6.07) is 0. The van der Waals surface area contributed by atoms with E-state index in [0.717, 1.165) is 15.6 Å². The Labute approximate surface area is 138 Å². The van der Waals surface area contributed by atoms with Crippen molar-refractivity contribution < 1.29 is 14.3 Å². The Morgan fingerprint density at radius 2 is 2.13 bits per heavy atom. The normalized spacial score (nSPS) is 16.3. The van der Waals surface area contributed by atoms with E-state index in [1.165, 1.54) is 20.5 Å². The van der Waals surface area contributed by atoms with Crippen LogP contribution in [0.1, 0.15) is 0 Å². The molecule has 0 amide bonds. The Kier molecular flexibility index (Phi) is 4.31. The van der Waals surface area contributed by atoms with Crippen molar-refractivity contribution in [3.8, 4) is 0 Å². The van der Waals surface area contributed by atoms with E-state index in [4.69, 9.17) is 9.47 Å². The molecule has 3 rings (SSSR count). The molecule has 0 aromatic carbocycles. The average Bonchev–Trinajstić information content (AvgIpc) is 2.94. The summed E-state index contributed by atoms with van der Waals surface area (Å²) in [6.45, 7) is 1.38. The zero-order valence-electron chi connectivity index (χ0n) is 13.5. The summed E-state index contributed by atoms with van der Waals surface area (Å²) in [5.74, 6) is 0.618. The molecule has 2 aromatic rings. The topological polar surface area (TPSA) is 80.7 Å². The molecule has 0 saturated carbocycles. The van der Waals surface area contributed by atoms with E-state index in [1.807, 2.05) is 19.0 Å². The number of nitrogens with zero attached hydrogens (tertiary/aromatic N) is 5. The number of carbonyl (C=O) groups is 1. The van der Waals surface area contributed by atoms with Gasteiger partial charge in [-0.25, -0.2) is 14.8 Å². The number of hydrogen-bond acceptors (Lipinski definition) is 9. The van der Waals surface area contributed by atoms with E-state index >= 15 is 0 Å². The van der Waals surface area contributed by atoms with E-state index in [1.54, 1.807) is 11.3 Å². The molecule has 1 aliphatic heterocycles. The minimum absolute atomic E-state index is 0.0960. The van der Waals surface area contributed by atoms with Gasteiger partial charge < -0.3 is 19.3 Å². The molecule has 9 heteroatoms. The third kappa shape index (κ3) is 2.81. The second-order valence-corrected chi connectivity index (χ2v) is 6.56. The van der Waals surface area contributed by atoms with E-state index < -0.39 is 6.10 Å². The lowest BCUT2D eigenvalue weighted by Crippen LogP contribution is -2.55. The predicted octanol–water partition coefficient (Wildman–Crippen LogP) is 0.776. The van der Waals surface area contributed by atoms with Gasteiger partial charge in [0.1, 0.15) is 11.0 Å². The van der Waals surface area contributed by atoms with Gasteiger partial charge in [-0.05, 0) is 0 Å². The largest absolute Gasteiger partial charge is 0.467 e. The highest BCUT2D eigenvalue weighted by Crippen LogP contribution is 2.36. The fourth-order valence-electron chi connectivity index (χ4n) is 2.62. The first-order valence-electron chi connectivity index (χ1n) is 7.19. The predicted molar refractivity (Wildman–Crippen MR) is 88.1 cm³/mol. The van der Waals surface area contributed by atoms with Crippen LogP contribution in [-0.2, 0) is 14.3 Å². The number of hydrogen-bond donors (Lipinski definition) is 0. The third-order valence-electron chi connectivity index (χ3n) is 3.87. The van der Waals surface area contributed by atoms with Gasteiger partial charge in [0.2, 0.25) is 0 Å². The van der Waals surface area contributed by atoms with E-state index in [-0.39, 0.29) is 11.9 Å². The number of methoxy groups -OCH3 is 2. The lowest BCUT2D eigenvalue weighted by Gasteiger charge is -2.42. The molecule has 0 bridgehead atoms. The summed E-state index contributed by atoms with van der Waals surface area (Å²) in [4.78, 5) is 28.9. The Morgan fingerprint density at radius 3 is 2.74 bits per heavy atom. The van der Waals surface area contributed by atoms with Crippen LogP contribution in [0.2, 0.25) is 0 Å². The number of ether oxygens (including phenoxy) is 2. The highest BCUT2D eigenvalue weighted by molar-refractivity contribution is 7.22. The number of aromatic nitrogens is 3. The molecular formula is C14H19N5O3S. The van der Waals surface area contributed by atoms with Crippen molar-refractivity contribution >= 4 is 38.6 Å². The van der Waals surface area contributed by atoms with Crippen LogP contribution in [0.5, 0.6) is 0 Å². The molecule has 3 heterocycles. The highest BCUT2D eigenvalue weighted by Gasteiger charge is 2.39. The second kappa shape index (κ2) is 6.25. The third-order valence-corrected chi connectivity index (χ3v) is 5.08. The SMILES string of the molecule is COC(=O)C(OC)C1CN(c2ncnc3nc(N(C)C)sc23)C1. The first-order valence-corrected chi connectivity index (χ1v) is 8.01. The summed E-state index contributed by atoms with van der Waals surface area (Å²) in [7, 11) is 6.80. The Bertz CT molecular complexity index is 714. The molecule has 1 unspecified atom stereocenters. The zero-order chi connectivity index (χ0) is 16.6. The van der Waals surface area contributed by atoms with Crippen molar-refractivity contribution in [1.29, 1.82) is 0 Å². The molecule has 0 N–H and O–H groups in total. The van der Waals surface area contributed by atoms with Crippen LogP contribution in [-0.4, -0.2) is 68.4 Å². The molecule has 0 aliphatic carbocycles. The fraction of sp³-hybridized carbons (Fsp3) is 0.571. The summed E-state index contributed by atoms with van der Waals surface area (Å²) >= 11 is 1.56. The molecule has 1 fully saturated rings. The molecule has 1 atom stereocenters. The van der Waals surface area contributed by atoms with Crippen LogP contribution in [0.3, 0.4) is 0 Å². The number of rotatable bonds is 5. The van der Waals surface area contributed by atoms with Crippen LogP contribution in [0.4, 0.5) is 10.9 Å². The molecule has 124 valence electrons. The first-order chi connectivity index (χ1) is 11.0. The lowest BCUT2D eigenvalue weighted by molar-refractivity contribution is -0.156. The van der Waals surface area contributed by atoms with Gasteiger partial charge in [-0.3, -0.25) is 0 Å². The van der Waals surface area contributed by atoms with Gasteiger partial charge in [-0.2, -0.15) is 4.98 Å². The number of esters is 1. The van der Waals surface area contributed by atoms with Crippen molar-refractivity contribution in [3.05, 3.63) is 6.33 Å². The smallest absolute Gasteiger partial charge is 0.335 e. The number of anilines is 2. The highest BCUT2D eigenvalue weighted by atomic mass is 32.1. The van der Waals surface area contributed by atoms with Crippen molar-refractivity contribution in [2.45, 2.75) is 6.10 Å². The van der Waals surface area contributed by atoms with Gasteiger partial charge in [0, 0.05) is 40.2 Å². The number of carbonyl (C=O) groups excluding carboxylic acids is 1. The molecule has 23 heavy (non-hydrogen) atoms. The lowest BCUT2D eigenvalue weighted by atomic mass is 9.93. The van der Waals surface area contributed by atoms with Gasteiger partial charge in [0.05, 0.1) is 7.11 Å². The van der Waals surface area contributed by atoms with Crippen molar-refractivity contribution in [1.82, 2.24) is 15.0 Å². The Balaban J connectivity index is 1.79. The van der Waals surface area contributed by atoms with Gasteiger partial charge in [0.25, 0.3) is 0 Å². The zero-order valence-corrected chi connectivity index (χ0v) is 14.3. The minimum atomic E-state index is -0.535. The van der Waals surface area contributed by atoms with Crippen LogP contribution in [0.15, 0.2) is 6.33 Å². The van der Waals surface area contributed by atoms with Gasteiger partial charge in [0.15, 0.2) is 22.7 Å². The maximum Gasteiger partial charge on any atom is 0.335 e. The number of thiazole rings is 1. The van der Waals surface area contributed by atoms with Crippen molar-refractivity contribution in [2.24, 2.45) is 5.92 Å². The standard InChI is InChI=1S/C14H19N5O3S/c1-18(2)14-17-11-10(23-14)12(16-7-15-11)19-5-8(6-19)9(21-3)13(20)22-4/h7-9H,5-6H2,1-4H3. The second-order valence-electron chi connectivity index (χ2n) is 5.59. The van der Waals surface area contributed by atoms with Crippen LogP contribution < -0.4 is 9.80 Å². The summed E-state index contributed by atoms with van der Waals surface area (Å²) < 4.78 is 11.0. The van der Waals surface area contributed by atoms with E-state index in [9.17, 15) is 4.79 Å². The Hall–Kier alpha value is -2.00. The van der Waals surface area contributed by atoms with Gasteiger partial charge in [-0.1, -0.05) is 11.3 Å². The summed E-state index contributed by atoms with van der Waals surface area (Å²) in [6.07, 6.45) is 0.991.